The average Bonchev–Trinajstić information content (AvgIpc) is 3.13. The zero-order valence-corrected chi connectivity index (χ0v) is 11.9. The lowest BCUT2D eigenvalue weighted by molar-refractivity contribution is 0.377. The second-order valence-corrected chi connectivity index (χ2v) is 5.70. The number of guanidine groups is 1. The first-order valence-corrected chi connectivity index (χ1v) is 7.40. The molecule has 2 unspecified atom stereocenters. The van der Waals surface area contributed by atoms with Gasteiger partial charge in [0.1, 0.15) is 0 Å². The molecule has 1 aromatic carbocycles. The van der Waals surface area contributed by atoms with Crippen LogP contribution in [0.15, 0.2) is 29.3 Å². The predicted molar refractivity (Wildman–Crippen MR) is 79.2 cm³/mol. The molecule has 0 bridgehead atoms. The van der Waals surface area contributed by atoms with Gasteiger partial charge in [0.2, 0.25) is 0 Å². The van der Waals surface area contributed by atoms with Crippen LogP contribution in [0.1, 0.15) is 31.4 Å². The van der Waals surface area contributed by atoms with Gasteiger partial charge in [-0.05, 0) is 36.8 Å². The number of nitrogens with zero attached hydrogens (tertiary/aromatic N) is 2. The molecule has 3 rings (SSSR count). The maximum absolute atomic E-state index is 4.67. The molecule has 1 aromatic rings. The fourth-order valence-corrected chi connectivity index (χ4v) is 2.75. The van der Waals surface area contributed by atoms with Crippen molar-refractivity contribution >= 4 is 5.96 Å². The molecule has 2 aliphatic rings. The van der Waals surface area contributed by atoms with Gasteiger partial charge in [0.25, 0.3) is 0 Å². The Morgan fingerprint density at radius 1 is 1.37 bits per heavy atom. The highest BCUT2D eigenvalue weighted by Crippen LogP contribution is 2.29. The van der Waals surface area contributed by atoms with Crippen molar-refractivity contribution < 1.29 is 0 Å². The number of aliphatic imine (C=N–C) groups is 1. The van der Waals surface area contributed by atoms with Gasteiger partial charge in [-0.3, -0.25) is 4.99 Å². The molecule has 0 spiro atoms. The largest absolute Gasteiger partial charge is 0.353 e. The van der Waals surface area contributed by atoms with Gasteiger partial charge in [0.15, 0.2) is 5.96 Å². The van der Waals surface area contributed by atoms with E-state index in [1.165, 1.54) is 17.5 Å². The Morgan fingerprint density at radius 3 is 2.79 bits per heavy atom. The van der Waals surface area contributed by atoms with Crippen molar-refractivity contribution in [2.24, 2.45) is 10.9 Å². The molecule has 102 valence electrons. The Balaban J connectivity index is 1.72. The normalized spacial score (nSPS) is 26.0. The summed E-state index contributed by atoms with van der Waals surface area (Å²) in [6, 6.07) is 9.40. The summed E-state index contributed by atoms with van der Waals surface area (Å²) < 4.78 is 0. The van der Waals surface area contributed by atoms with Gasteiger partial charge in [-0.25, -0.2) is 0 Å². The molecule has 1 heterocycles. The van der Waals surface area contributed by atoms with Crippen molar-refractivity contribution in [2.75, 3.05) is 13.1 Å². The molecule has 0 radical (unpaired) electrons. The molecule has 1 aliphatic carbocycles. The van der Waals surface area contributed by atoms with Crippen LogP contribution in [-0.2, 0) is 13.0 Å². The van der Waals surface area contributed by atoms with Gasteiger partial charge in [-0.1, -0.05) is 31.2 Å². The molecule has 3 heteroatoms. The summed E-state index contributed by atoms with van der Waals surface area (Å²) in [5, 5.41) is 3.62. The number of hydrogen-bond donors (Lipinski definition) is 1. The first-order valence-electron chi connectivity index (χ1n) is 7.40. The third-order valence-electron chi connectivity index (χ3n) is 4.16. The lowest BCUT2D eigenvalue weighted by Gasteiger charge is -2.32. The number of nitrogens with one attached hydrogen (secondary N) is 1. The minimum absolute atomic E-state index is 0.641. The third kappa shape index (κ3) is 2.75. The Labute approximate surface area is 115 Å². The quantitative estimate of drug-likeness (QED) is 0.651. The van der Waals surface area contributed by atoms with E-state index in [2.05, 4.69) is 53.3 Å². The van der Waals surface area contributed by atoms with Crippen molar-refractivity contribution in [1.29, 1.82) is 0 Å². The van der Waals surface area contributed by atoms with E-state index in [4.69, 9.17) is 0 Å². The van der Waals surface area contributed by atoms with E-state index in [1.54, 1.807) is 0 Å². The topological polar surface area (TPSA) is 27.6 Å². The molecular formula is C16H23N3. The third-order valence-corrected chi connectivity index (χ3v) is 4.16. The second-order valence-electron chi connectivity index (χ2n) is 5.70. The molecule has 1 aliphatic heterocycles. The first-order chi connectivity index (χ1) is 9.28. The molecular weight excluding hydrogens is 234 g/mol. The fraction of sp³-hybridized carbons (Fsp3) is 0.562. The van der Waals surface area contributed by atoms with E-state index in [9.17, 15) is 0 Å². The van der Waals surface area contributed by atoms with Gasteiger partial charge in [-0.2, -0.15) is 0 Å². The summed E-state index contributed by atoms with van der Waals surface area (Å²) in [5.41, 5.74) is 2.94. The van der Waals surface area contributed by atoms with Crippen molar-refractivity contribution in [1.82, 2.24) is 10.2 Å². The average molecular weight is 257 g/mol. The first kappa shape index (κ1) is 12.5. The molecule has 0 saturated heterocycles. The summed E-state index contributed by atoms with van der Waals surface area (Å²) in [6.07, 6.45) is 2.41. The molecule has 0 amide bonds. The highest BCUT2D eigenvalue weighted by molar-refractivity contribution is 5.81. The zero-order valence-electron chi connectivity index (χ0n) is 11.9. The smallest absolute Gasteiger partial charge is 0.194 e. The van der Waals surface area contributed by atoms with Gasteiger partial charge < -0.3 is 10.2 Å². The number of fused-ring (bicyclic) bond motifs is 1. The Hall–Kier alpha value is -1.51. The van der Waals surface area contributed by atoms with Gasteiger partial charge in [0, 0.05) is 25.7 Å². The Bertz CT molecular complexity index is 481. The van der Waals surface area contributed by atoms with Gasteiger partial charge in [0.05, 0.1) is 0 Å². The number of rotatable bonds is 2. The van der Waals surface area contributed by atoms with Crippen LogP contribution in [0.4, 0.5) is 0 Å². The summed E-state index contributed by atoms with van der Waals surface area (Å²) >= 11 is 0. The molecule has 1 fully saturated rings. The lowest BCUT2D eigenvalue weighted by Crippen LogP contribution is -2.45. The maximum atomic E-state index is 4.67. The highest BCUT2D eigenvalue weighted by atomic mass is 15.3. The minimum Gasteiger partial charge on any atom is -0.353 e. The van der Waals surface area contributed by atoms with Crippen molar-refractivity contribution in [3.8, 4) is 0 Å². The van der Waals surface area contributed by atoms with E-state index < -0.39 is 0 Å². The second kappa shape index (κ2) is 5.24. The standard InChI is InChI=1S/C16H23N3/c1-3-17-16(18-15-10-12(15)2)19-9-8-13-6-4-5-7-14(13)11-19/h4-7,12,15H,3,8-11H2,1-2H3,(H,17,18). The predicted octanol–water partition coefficient (Wildman–Crippen LogP) is 2.42. The Kier molecular flexibility index (Phi) is 3.45. The fourth-order valence-electron chi connectivity index (χ4n) is 2.75. The molecule has 19 heavy (non-hydrogen) atoms. The SMILES string of the molecule is CCN=C(NC1CC1C)N1CCc2ccccc2C1. The maximum Gasteiger partial charge on any atom is 0.194 e. The van der Waals surface area contributed by atoms with Crippen LogP contribution in [-0.4, -0.2) is 30.0 Å². The molecule has 1 saturated carbocycles. The zero-order chi connectivity index (χ0) is 13.2. The van der Waals surface area contributed by atoms with Crippen LogP contribution in [0.25, 0.3) is 0 Å². The molecule has 0 aromatic heterocycles. The molecule has 3 nitrogen and oxygen atoms in total. The van der Waals surface area contributed by atoms with E-state index >= 15 is 0 Å². The summed E-state index contributed by atoms with van der Waals surface area (Å²) in [7, 11) is 0. The summed E-state index contributed by atoms with van der Waals surface area (Å²) in [6.45, 7) is 7.32. The number of hydrogen-bond acceptors (Lipinski definition) is 1. The van der Waals surface area contributed by atoms with E-state index in [1.807, 2.05) is 0 Å². The van der Waals surface area contributed by atoms with E-state index in [-0.39, 0.29) is 0 Å². The van der Waals surface area contributed by atoms with Gasteiger partial charge in [-0.15, -0.1) is 0 Å². The van der Waals surface area contributed by atoms with Crippen LogP contribution in [0.2, 0.25) is 0 Å². The summed E-state index contributed by atoms with van der Waals surface area (Å²) in [4.78, 5) is 7.07. The monoisotopic (exact) mass is 257 g/mol. The Morgan fingerprint density at radius 2 is 2.11 bits per heavy atom. The number of benzene rings is 1. The van der Waals surface area contributed by atoms with Crippen molar-refractivity contribution in [3.63, 3.8) is 0 Å². The minimum atomic E-state index is 0.641. The van der Waals surface area contributed by atoms with E-state index in [0.717, 1.165) is 37.9 Å². The van der Waals surface area contributed by atoms with Gasteiger partial charge >= 0.3 is 0 Å². The van der Waals surface area contributed by atoms with Crippen LogP contribution in [0, 0.1) is 5.92 Å². The van der Waals surface area contributed by atoms with E-state index in [0.29, 0.717) is 6.04 Å². The molecule has 2 atom stereocenters. The van der Waals surface area contributed by atoms with Crippen molar-refractivity contribution in [2.45, 2.75) is 39.3 Å². The highest BCUT2D eigenvalue weighted by Gasteiger charge is 2.34. The van der Waals surface area contributed by atoms with Crippen LogP contribution in [0.5, 0.6) is 0 Å². The van der Waals surface area contributed by atoms with Crippen LogP contribution >= 0.6 is 0 Å². The lowest BCUT2D eigenvalue weighted by atomic mass is 10.0. The van der Waals surface area contributed by atoms with Crippen molar-refractivity contribution in [3.05, 3.63) is 35.4 Å². The summed E-state index contributed by atoms with van der Waals surface area (Å²) in [5.74, 6) is 1.91. The molecule has 1 N–H and O–H groups in total. The van der Waals surface area contributed by atoms with Crippen LogP contribution in [0.3, 0.4) is 0 Å². The van der Waals surface area contributed by atoms with Crippen LogP contribution < -0.4 is 5.32 Å².